The molecule has 0 saturated carbocycles. The molecular formula is C21H17NO5S. The Morgan fingerprint density at radius 2 is 1.46 bits per heavy atom. The smallest absolute Gasteiger partial charge is 0.272 e. The van der Waals surface area contributed by atoms with Crippen LogP contribution in [0.2, 0.25) is 0 Å². The van der Waals surface area contributed by atoms with E-state index in [9.17, 15) is 13.2 Å². The van der Waals surface area contributed by atoms with Gasteiger partial charge in [-0.3, -0.25) is 4.79 Å². The van der Waals surface area contributed by atoms with E-state index in [4.69, 9.17) is 9.47 Å². The van der Waals surface area contributed by atoms with Crippen molar-refractivity contribution in [2.24, 2.45) is 0 Å². The first-order valence-corrected chi connectivity index (χ1v) is 9.93. The number of carbonyl (C=O) groups is 1. The number of para-hydroxylation sites is 1. The summed E-state index contributed by atoms with van der Waals surface area (Å²) in [5, 5.41) is 0. The minimum absolute atomic E-state index is 0.0996. The Hall–Kier alpha value is -3.32. The summed E-state index contributed by atoms with van der Waals surface area (Å²) in [4.78, 5) is 13.4. The molecular weight excluding hydrogens is 378 g/mol. The van der Waals surface area contributed by atoms with E-state index in [0.717, 1.165) is 4.31 Å². The maximum Gasteiger partial charge on any atom is 0.272 e. The van der Waals surface area contributed by atoms with Gasteiger partial charge in [-0.25, -0.2) is 8.42 Å². The summed E-state index contributed by atoms with van der Waals surface area (Å²) in [6.45, 7) is 0. The van der Waals surface area contributed by atoms with Gasteiger partial charge in [0.2, 0.25) is 0 Å². The number of benzene rings is 3. The Morgan fingerprint density at radius 3 is 2.18 bits per heavy atom. The normalized spacial score (nSPS) is 14.0. The van der Waals surface area contributed by atoms with Crippen LogP contribution in [0.5, 0.6) is 11.5 Å². The van der Waals surface area contributed by atoms with Gasteiger partial charge >= 0.3 is 0 Å². The second-order valence-corrected chi connectivity index (χ2v) is 7.91. The van der Waals surface area contributed by atoms with E-state index in [0.29, 0.717) is 28.3 Å². The van der Waals surface area contributed by atoms with Crippen LogP contribution in [-0.4, -0.2) is 28.5 Å². The maximum absolute atomic E-state index is 13.3. The Kier molecular flexibility index (Phi) is 4.31. The van der Waals surface area contributed by atoms with Gasteiger partial charge in [0.15, 0.2) is 11.5 Å². The van der Waals surface area contributed by atoms with Crippen LogP contribution in [0.4, 0.5) is 5.69 Å². The monoisotopic (exact) mass is 395 g/mol. The van der Waals surface area contributed by atoms with Gasteiger partial charge in [-0.2, -0.15) is 4.31 Å². The van der Waals surface area contributed by atoms with Crippen LogP contribution in [0.15, 0.2) is 71.6 Å². The van der Waals surface area contributed by atoms with E-state index in [2.05, 4.69) is 0 Å². The van der Waals surface area contributed by atoms with Gasteiger partial charge in [0, 0.05) is 16.7 Å². The lowest BCUT2D eigenvalue weighted by Crippen LogP contribution is -2.39. The molecule has 0 unspecified atom stereocenters. The van der Waals surface area contributed by atoms with Crippen molar-refractivity contribution < 1.29 is 22.7 Å². The van der Waals surface area contributed by atoms with Crippen LogP contribution >= 0.6 is 0 Å². The van der Waals surface area contributed by atoms with Crippen molar-refractivity contribution in [2.45, 2.75) is 4.90 Å². The summed E-state index contributed by atoms with van der Waals surface area (Å²) in [7, 11) is -1.13. The second kappa shape index (κ2) is 6.69. The molecule has 0 atom stereocenters. The van der Waals surface area contributed by atoms with Crippen LogP contribution in [0.3, 0.4) is 0 Å². The molecule has 3 aromatic rings. The first-order chi connectivity index (χ1) is 13.5. The minimum atomic E-state index is -4.07. The fourth-order valence-corrected chi connectivity index (χ4v) is 4.97. The lowest BCUT2D eigenvalue weighted by Gasteiger charge is -2.30. The Morgan fingerprint density at radius 1 is 0.821 bits per heavy atom. The molecule has 6 nitrogen and oxygen atoms in total. The van der Waals surface area contributed by atoms with Gasteiger partial charge < -0.3 is 9.47 Å². The number of sulfonamides is 1. The molecule has 1 heterocycles. The molecule has 0 N–H and O–H groups in total. The Labute approximate surface area is 163 Å². The Bertz CT molecular complexity index is 1190. The van der Waals surface area contributed by atoms with E-state index in [1.807, 2.05) is 6.07 Å². The number of hydrogen-bond acceptors (Lipinski definition) is 5. The number of rotatable bonds is 3. The summed E-state index contributed by atoms with van der Waals surface area (Å²) in [6, 6.07) is 18.2. The fourth-order valence-electron chi connectivity index (χ4n) is 3.33. The first-order valence-electron chi connectivity index (χ1n) is 8.49. The number of nitrogens with zero attached hydrogens (tertiary/aromatic N) is 1. The number of methoxy groups -OCH3 is 2. The van der Waals surface area contributed by atoms with Gasteiger partial charge in [0.25, 0.3) is 15.9 Å². The largest absolute Gasteiger partial charge is 0.493 e. The van der Waals surface area contributed by atoms with Gasteiger partial charge in [-0.15, -0.1) is 0 Å². The highest BCUT2D eigenvalue weighted by Crippen LogP contribution is 2.43. The molecule has 0 bridgehead atoms. The third-order valence-corrected chi connectivity index (χ3v) is 6.39. The van der Waals surface area contributed by atoms with Crippen LogP contribution < -0.4 is 13.8 Å². The topological polar surface area (TPSA) is 72.9 Å². The zero-order valence-corrected chi connectivity index (χ0v) is 16.1. The van der Waals surface area contributed by atoms with E-state index in [-0.39, 0.29) is 10.5 Å². The number of hydrogen-bond donors (Lipinski definition) is 0. The van der Waals surface area contributed by atoms with Crippen molar-refractivity contribution in [3.63, 3.8) is 0 Å². The van der Waals surface area contributed by atoms with E-state index < -0.39 is 15.9 Å². The highest BCUT2D eigenvalue weighted by atomic mass is 32.2. The predicted molar refractivity (Wildman–Crippen MR) is 105 cm³/mol. The third kappa shape index (κ3) is 2.63. The van der Waals surface area contributed by atoms with E-state index in [1.165, 1.54) is 32.4 Å². The summed E-state index contributed by atoms with van der Waals surface area (Å²) >= 11 is 0. The van der Waals surface area contributed by atoms with Crippen molar-refractivity contribution in [3.8, 4) is 22.6 Å². The predicted octanol–water partition coefficient (Wildman–Crippen LogP) is 3.72. The zero-order valence-electron chi connectivity index (χ0n) is 15.2. The van der Waals surface area contributed by atoms with Crippen molar-refractivity contribution in [1.82, 2.24) is 0 Å². The molecule has 0 aliphatic carbocycles. The molecule has 1 aliphatic rings. The van der Waals surface area contributed by atoms with E-state index >= 15 is 0 Å². The van der Waals surface area contributed by atoms with Crippen LogP contribution in [-0.2, 0) is 10.0 Å². The molecule has 7 heteroatoms. The lowest BCUT2D eigenvalue weighted by atomic mass is 10.0. The average molecular weight is 395 g/mol. The van der Waals surface area contributed by atoms with E-state index in [1.54, 1.807) is 42.5 Å². The van der Waals surface area contributed by atoms with Crippen molar-refractivity contribution >= 4 is 21.6 Å². The number of carbonyl (C=O) groups excluding carboxylic acids is 1. The molecule has 28 heavy (non-hydrogen) atoms. The molecule has 4 rings (SSSR count). The molecule has 0 fully saturated rings. The minimum Gasteiger partial charge on any atom is -0.493 e. The number of fused-ring (bicyclic) bond motifs is 3. The third-order valence-electron chi connectivity index (χ3n) is 4.63. The Balaban J connectivity index is 1.92. The molecule has 1 aliphatic heterocycles. The number of amides is 1. The SMILES string of the molecule is COc1ccc(C(=O)N2c3ccccc3-c3ccccc3S2(=O)=O)cc1OC. The maximum atomic E-state index is 13.3. The number of anilines is 1. The van der Waals surface area contributed by atoms with Crippen molar-refractivity contribution in [1.29, 1.82) is 0 Å². The van der Waals surface area contributed by atoms with Gasteiger partial charge in [0.1, 0.15) is 0 Å². The summed E-state index contributed by atoms with van der Waals surface area (Å²) in [5.74, 6) is 0.130. The highest BCUT2D eigenvalue weighted by molar-refractivity contribution is 7.93. The molecule has 0 saturated heterocycles. The molecule has 0 spiro atoms. The molecule has 1 amide bonds. The van der Waals surface area contributed by atoms with Crippen molar-refractivity contribution in [3.05, 3.63) is 72.3 Å². The quantitative estimate of drug-likeness (QED) is 0.676. The molecule has 0 radical (unpaired) electrons. The summed E-state index contributed by atoms with van der Waals surface area (Å²) in [5.41, 5.74) is 1.76. The van der Waals surface area contributed by atoms with Crippen LogP contribution in [0, 0.1) is 0 Å². The fraction of sp³-hybridized carbons (Fsp3) is 0.0952. The summed E-state index contributed by atoms with van der Waals surface area (Å²) in [6.07, 6.45) is 0. The zero-order chi connectivity index (χ0) is 19.9. The van der Waals surface area contributed by atoms with Gasteiger partial charge in [-0.05, 0) is 30.3 Å². The van der Waals surface area contributed by atoms with Crippen LogP contribution in [0.1, 0.15) is 10.4 Å². The second-order valence-electron chi connectivity index (χ2n) is 6.16. The van der Waals surface area contributed by atoms with Crippen molar-refractivity contribution in [2.75, 3.05) is 18.5 Å². The average Bonchev–Trinajstić information content (AvgIpc) is 2.73. The van der Waals surface area contributed by atoms with Crippen LogP contribution in [0.25, 0.3) is 11.1 Å². The molecule has 0 aromatic heterocycles. The first kappa shape index (κ1) is 18.1. The van der Waals surface area contributed by atoms with Gasteiger partial charge in [-0.1, -0.05) is 36.4 Å². The highest BCUT2D eigenvalue weighted by Gasteiger charge is 2.39. The molecule has 3 aromatic carbocycles. The van der Waals surface area contributed by atoms with Gasteiger partial charge in [0.05, 0.1) is 24.8 Å². The lowest BCUT2D eigenvalue weighted by molar-refractivity contribution is 0.100. The summed E-state index contributed by atoms with van der Waals surface area (Å²) < 4.78 is 37.9. The standard InChI is InChI=1S/C21H17NO5S/c1-26-18-12-11-14(13-19(18)27-2)21(23)22-17-9-5-3-7-15(17)16-8-4-6-10-20(16)28(22,24)25/h3-13H,1-2H3. The molecule has 142 valence electrons. The number of ether oxygens (including phenoxy) is 2.